The first-order chi connectivity index (χ1) is 9.97. The first kappa shape index (κ1) is 16.3. The van der Waals surface area contributed by atoms with Crippen molar-refractivity contribution in [1.29, 1.82) is 0 Å². The van der Waals surface area contributed by atoms with Gasteiger partial charge in [0.2, 0.25) is 0 Å². The second-order valence-corrected chi connectivity index (χ2v) is 6.69. The van der Waals surface area contributed by atoms with E-state index in [9.17, 15) is 4.79 Å². The molecule has 0 bridgehead atoms. The van der Waals surface area contributed by atoms with Crippen LogP contribution in [-0.2, 0) is 6.54 Å². The van der Waals surface area contributed by atoms with Crippen LogP contribution in [0.3, 0.4) is 0 Å². The van der Waals surface area contributed by atoms with Crippen molar-refractivity contribution in [3.8, 4) is 0 Å². The Labute approximate surface area is 131 Å². The summed E-state index contributed by atoms with van der Waals surface area (Å²) in [5, 5.41) is 7.77. The quantitative estimate of drug-likeness (QED) is 0.801. The van der Waals surface area contributed by atoms with Crippen LogP contribution in [0.4, 0.5) is 5.69 Å². The van der Waals surface area contributed by atoms with Gasteiger partial charge in [0.05, 0.1) is 18.4 Å². The molecule has 21 heavy (non-hydrogen) atoms. The third kappa shape index (κ3) is 4.20. The lowest BCUT2D eigenvalue weighted by Gasteiger charge is -2.17. The van der Waals surface area contributed by atoms with Crippen molar-refractivity contribution in [2.45, 2.75) is 39.2 Å². The van der Waals surface area contributed by atoms with E-state index in [4.69, 9.17) is 11.6 Å². The highest BCUT2D eigenvalue weighted by Crippen LogP contribution is 2.49. The van der Waals surface area contributed by atoms with Crippen LogP contribution in [0.5, 0.6) is 0 Å². The molecule has 0 spiro atoms. The van der Waals surface area contributed by atoms with Crippen LogP contribution in [0.2, 0.25) is 5.02 Å². The van der Waals surface area contributed by atoms with E-state index in [0.29, 0.717) is 17.6 Å². The van der Waals surface area contributed by atoms with Crippen molar-refractivity contribution >= 4 is 17.3 Å². The Bertz CT molecular complexity index is 537. The van der Waals surface area contributed by atoms with Crippen molar-refractivity contribution in [3.63, 3.8) is 0 Å². The molecule has 1 aliphatic carbocycles. The minimum atomic E-state index is -0.219. The number of halogens is 1. The second-order valence-electron chi connectivity index (χ2n) is 6.31. The number of hydrogen-bond donors (Lipinski definition) is 1. The van der Waals surface area contributed by atoms with Gasteiger partial charge in [0.1, 0.15) is 5.02 Å². The Morgan fingerprint density at radius 1 is 1.48 bits per heavy atom. The molecule has 0 amide bonds. The molecule has 0 radical (unpaired) electrons. The van der Waals surface area contributed by atoms with Gasteiger partial charge in [-0.2, -0.15) is 5.10 Å². The maximum Gasteiger partial charge on any atom is 0.287 e. The summed E-state index contributed by atoms with van der Waals surface area (Å²) in [6, 6.07) is 0. The second kappa shape index (κ2) is 6.79. The summed E-state index contributed by atoms with van der Waals surface area (Å²) in [7, 11) is 3.93. The number of nitrogens with zero attached hydrogens (tertiary/aromatic N) is 3. The van der Waals surface area contributed by atoms with Gasteiger partial charge in [-0.15, -0.1) is 0 Å². The molecule has 0 unspecified atom stereocenters. The molecule has 1 heterocycles. The molecule has 0 aliphatic heterocycles. The fourth-order valence-corrected chi connectivity index (χ4v) is 2.76. The van der Waals surface area contributed by atoms with E-state index in [1.165, 1.54) is 30.4 Å². The lowest BCUT2D eigenvalue weighted by molar-refractivity contribution is 0.367. The Morgan fingerprint density at radius 2 is 2.19 bits per heavy atom. The molecule has 1 fully saturated rings. The zero-order chi connectivity index (χ0) is 15.5. The van der Waals surface area contributed by atoms with Gasteiger partial charge in [-0.25, -0.2) is 4.68 Å². The van der Waals surface area contributed by atoms with Crippen molar-refractivity contribution in [1.82, 2.24) is 14.7 Å². The van der Waals surface area contributed by atoms with Gasteiger partial charge in [-0.3, -0.25) is 4.79 Å². The molecule has 1 aromatic rings. The average molecular weight is 313 g/mol. The number of likely N-dealkylation sites (N-methyl/N-ethyl adjacent to an activating group) is 1. The summed E-state index contributed by atoms with van der Waals surface area (Å²) in [4.78, 5) is 14.2. The Hall–Kier alpha value is -1.07. The van der Waals surface area contributed by atoms with Crippen molar-refractivity contribution in [2.75, 3.05) is 32.5 Å². The fourth-order valence-electron chi connectivity index (χ4n) is 2.55. The van der Waals surface area contributed by atoms with Crippen molar-refractivity contribution < 1.29 is 0 Å². The average Bonchev–Trinajstić information content (AvgIpc) is 3.20. The number of nitrogens with one attached hydrogen (secondary N) is 1. The number of anilines is 1. The number of aromatic nitrogens is 2. The fraction of sp³-hybridized carbons (Fsp3) is 0.733. The topological polar surface area (TPSA) is 50.2 Å². The van der Waals surface area contributed by atoms with Crippen LogP contribution >= 0.6 is 11.6 Å². The molecule has 0 aromatic carbocycles. The smallest absolute Gasteiger partial charge is 0.287 e. The maximum absolute atomic E-state index is 12.2. The molecule has 0 saturated heterocycles. The molecule has 2 rings (SSSR count). The standard InChI is InChI=1S/C15H25ClN4O/c1-4-5-15(6-7-15)11-17-12-10-18-20(9-8-19(2)3)14(21)13(12)16/h10,17H,4-9,11H2,1-3H3. The predicted octanol–water partition coefficient (Wildman–Crippen LogP) is 2.45. The highest BCUT2D eigenvalue weighted by Gasteiger charge is 2.41. The molecule has 1 aromatic heterocycles. The molecule has 5 nitrogen and oxygen atoms in total. The summed E-state index contributed by atoms with van der Waals surface area (Å²) in [6.07, 6.45) is 6.61. The van der Waals surface area contributed by atoms with Crippen molar-refractivity contribution in [2.24, 2.45) is 5.41 Å². The molecular formula is C15H25ClN4O. The van der Waals surface area contributed by atoms with Crippen LogP contribution in [0.15, 0.2) is 11.0 Å². The largest absolute Gasteiger partial charge is 0.382 e. The first-order valence-electron chi connectivity index (χ1n) is 7.62. The van der Waals surface area contributed by atoms with Gasteiger partial charge < -0.3 is 10.2 Å². The third-order valence-electron chi connectivity index (χ3n) is 4.14. The molecule has 118 valence electrons. The normalized spacial score (nSPS) is 16.2. The number of rotatable bonds is 8. The molecule has 1 saturated carbocycles. The van der Waals surface area contributed by atoms with Gasteiger partial charge in [-0.05, 0) is 38.8 Å². The predicted molar refractivity (Wildman–Crippen MR) is 87.1 cm³/mol. The molecule has 1 aliphatic rings. The van der Waals surface area contributed by atoms with Crippen LogP contribution < -0.4 is 10.9 Å². The van der Waals surface area contributed by atoms with E-state index in [-0.39, 0.29) is 10.6 Å². The minimum Gasteiger partial charge on any atom is -0.382 e. The van der Waals surface area contributed by atoms with Crippen LogP contribution in [0.25, 0.3) is 0 Å². The number of hydrogen-bond acceptors (Lipinski definition) is 4. The van der Waals surface area contributed by atoms with Crippen LogP contribution in [0, 0.1) is 5.41 Å². The van der Waals surface area contributed by atoms with Gasteiger partial charge in [0.25, 0.3) is 5.56 Å². The SMILES string of the molecule is CCCC1(CNc2cnn(CCN(C)C)c(=O)c2Cl)CC1. The van der Waals surface area contributed by atoms with Gasteiger partial charge in [0.15, 0.2) is 0 Å². The molecule has 1 N–H and O–H groups in total. The minimum absolute atomic E-state index is 0.219. The maximum atomic E-state index is 12.2. The van der Waals surface area contributed by atoms with E-state index in [1.54, 1.807) is 6.20 Å². The van der Waals surface area contributed by atoms with Gasteiger partial charge >= 0.3 is 0 Å². The summed E-state index contributed by atoms with van der Waals surface area (Å²) in [5.74, 6) is 0. The van der Waals surface area contributed by atoms with E-state index in [1.807, 2.05) is 19.0 Å². The molecule has 6 heteroatoms. The van der Waals surface area contributed by atoms with Gasteiger partial charge in [-0.1, -0.05) is 24.9 Å². The summed E-state index contributed by atoms with van der Waals surface area (Å²) < 4.78 is 1.42. The Morgan fingerprint density at radius 3 is 2.76 bits per heavy atom. The third-order valence-corrected chi connectivity index (χ3v) is 4.50. The summed E-state index contributed by atoms with van der Waals surface area (Å²) in [5.41, 5.74) is 0.853. The van der Waals surface area contributed by atoms with Crippen LogP contribution in [-0.4, -0.2) is 41.9 Å². The monoisotopic (exact) mass is 312 g/mol. The highest BCUT2D eigenvalue weighted by molar-refractivity contribution is 6.32. The van der Waals surface area contributed by atoms with E-state index in [2.05, 4.69) is 17.3 Å². The molecule has 0 atom stereocenters. The van der Waals surface area contributed by atoms with E-state index >= 15 is 0 Å². The highest BCUT2D eigenvalue weighted by atomic mass is 35.5. The Balaban J connectivity index is 2.01. The first-order valence-corrected chi connectivity index (χ1v) is 7.99. The zero-order valence-corrected chi connectivity index (χ0v) is 13.9. The van der Waals surface area contributed by atoms with E-state index < -0.39 is 0 Å². The van der Waals surface area contributed by atoms with E-state index in [0.717, 1.165) is 13.1 Å². The summed E-state index contributed by atoms with van der Waals surface area (Å²) in [6.45, 7) is 4.39. The lowest BCUT2D eigenvalue weighted by atomic mass is 10.0. The van der Waals surface area contributed by atoms with Crippen molar-refractivity contribution in [3.05, 3.63) is 21.6 Å². The van der Waals surface area contributed by atoms with Crippen LogP contribution in [0.1, 0.15) is 32.6 Å². The molecular weight excluding hydrogens is 288 g/mol. The lowest BCUT2D eigenvalue weighted by Crippen LogP contribution is -2.29. The summed E-state index contributed by atoms with van der Waals surface area (Å²) >= 11 is 6.19. The Kier molecular flexibility index (Phi) is 5.27. The van der Waals surface area contributed by atoms with Gasteiger partial charge in [0, 0.05) is 13.1 Å². The zero-order valence-electron chi connectivity index (χ0n) is 13.2.